The molecule has 0 aromatic rings. The Morgan fingerprint density at radius 2 is 2.06 bits per heavy atom. The van der Waals surface area contributed by atoms with Gasteiger partial charge in [-0.1, -0.05) is 6.92 Å². The summed E-state index contributed by atoms with van der Waals surface area (Å²) in [6.07, 6.45) is 5.23. The summed E-state index contributed by atoms with van der Waals surface area (Å²) >= 11 is 0. The fraction of sp³-hybridized carbons (Fsp3) is 1.00. The number of rotatable bonds is 6. The third-order valence-corrected chi connectivity index (χ3v) is 4.01. The molecule has 2 heterocycles. The molecule has 0 aromatic heterocycles. The summed E-state index contributed by atoms with van der Waals surface area (Å²) in [4.78, 5) is 2.50. The Bertz CT molecular complexity index is 220. The minimum atomic E-state index is 0.482. The van der Waals surface area contributed by atoms with Crippen LogP contribution < -0.4 is 5.32 Å². The lowest BCUT2D eigenvalue weighted by atomic mass is 10.0. The van der Waals surface area contributed by atoms with Gasteiger partial charge in [0.25, 0.3) is 0 Å². The molecule has 0 bridgehead atoms. The number of hydrogen-bond donors (Lipinski definition) is 1. The zero-order valence-corrected chi connectivity index (χ0v) is 11.7. The highest BCUT2D eigenvalue weighted by Crippen LogP contribution is 2.16. The van der Waals surface area contributed by atoms with Crippen LogP contribution in [0.15, 0.2) is 0 Å². The zero-order chi connectivity index (χ0) is 12.6. The van der Waals surface area contributed by atoms with Crippen molar-refractivity contribution >= 4 is 0 Å². The first-order valence-electron chi connectivity index (χ1n) is 7.53. The van der Waals surface area contributed by atoms with Gasteiger partial charge in [0.15, 0.2) is 0 Å². The summed E-state index contributed by atoms with van der Waals surface area (Å²) in [6.45, 7) is 9.52. The topological polar surface area (TPSA) is 33.7 Å². The molecule has 0 amide bonds. The normalized spacial score (nSPS) is 30.5. The minimum Gasteiger partial charge on any atom is -0.379 e. The van der Waals surface area contributed by atoms with Crippen LogP contribution in [0.4, 0.5) is 0 Å². The van der Waals surface area contributed by atoms with Crippen molar-refractivity contribution in [2.24, 2.45) is 0 Å². The highest BCUT2D eigenvalue weighted by molar-refractivity contribution is 4.76. The molecule has 2 saturated heterocycles. The molecular formula is C14H28N2O2. The SMILES string of the molecule is CCC1CC(NCCCN2CCOCC2)CCO1. The maximum atomic E-state index is 5.70. The van der Waals surface area contributed by atoms with Gasteiger partial charge in [-0.3, -0.25) is 4.90 Å². The van der Waals surface area contributed by atoms with Crippen LogP contribution in [0.5, 0.6) is 0 Å². The average Bonchev–Trinajstić information content (AvgIpc) is 2.45. The van der Waals surface area contributed by atoms with E-state index < -0.39 is 0 Å². The molecule has 4 heteroatoms. The second-order valence-electron chi connectivity index (χ2n) is 5.38. The predicted octanol–water partition coefficient (Wildman–Crippen LogP) is 1.26. The molecule has 2 atom stereocenters. The second kappa shape index (κ2) is 8.10. The van der Waals surface area contributed by atoms with Crippen molar-refractivity contribution in [3.63, 3.8) is 0 Å². The van der Waals surface area contributed by atoms with E-state index in [1.807, 2.05) is 0 Å². The predicted molar refractivity (Wildman–Crippen MR) is 72.9 cm³/mol. The lowest BCUT2D eigenvalue weighted by Gasteiger charge is -2.30. The molecule has 0 aromatic carbocycles. The quantitative estimate of drug-likeness (QED) is 0.725. The lowest BCUT2D eigenvalue weighted by molar-refractivity contribution is -0.000378. The molecule has 0 radical (unpaired) electrons. The third-order valence-electron chi connectivity index (χ3n) is 4.01. The molecule has 18 heavy (non-hydrogen) atoms. The summed E-state index contributed by atoms with van der Waals surface area (Å²) in [7, 11) is 0. The Kier molecular flexibility index (Phi) is 6.41. The van der Waals surface area contributed by atoms with Gasteiger partial charge in [-0.05, 0) is 38.8 Å². The fourth-order valence-electron chi connectivity index (χ4n) is 2.78. The van der Waals surface area contributed by atoms with Gasteiger partial charge in [0.05, 0.1) is 19.3 Å². The van der Waals surface area contributed by atoms with Gasteiger partial charge in [-0.2, -0.15) is 0 Å². The largest absolute Gasteiger partial charge is 0.379 e. The standard InChI is InChI=1S/C14H28N2O2/c1-2-14-12-13(4-9-18-14)15-5-3-6-16-7-10-17-11-8-16/h13-15H,2-12H2,1H3. The molecule has 2 unspecified atom stereocenters. The second-order valence-corrected chi connectivity index (χ2v) is 5.38. The van der Waals surface area contributed by atoms with E-state index in [2.05, 4.69) is 17.1 Å². The van der Waals surface area contributed by atoms with E-state index >= 15 is 0 Å². The lowest BCUT2D eigenvalue weighted by Crippen LogP contribution is -2.41. The van der Waals surface area contributed by atoms with Gasteiger partial charge in [0.1, 0.15) is 0 Å². The number of nitrogens with one attached hydrogen (secondary N) is 1. The summed E-state index contributed by atoms with van der Waals surface area (Å²) < 4.78 is 11.1. The Morgan fingerprint density at radius 3 is 2.83 bits per heavy atom. The smallest absolute Gasteiger partial charge is 0.0594 e. The maximum absolute atomic E-state index is 5.70. The van der Waals surface area contributed by atoms with Crippen molar-refractivity contribution in [3.05, 3.63) is 0 Å². The number of nitrogens with zero attached hydrogens (tertiary/aromatic N) is 1. The first-order valence-corrected chi connectivity index (χ1v) is 7.53. The first kappa shape index (κ1) is 14.3. The summed E-state index contributed by atoms with van der Waals surface area (Å²) in [5, 5.41) is 3.69. The molecule has 2 aliphatic heterocycles. The van der Waals surface area contributed by atoms with Crippen molar-refractivity contribution < 1.29 is 9.47 Å². The molecule has 0 spiro atoms. The van der Waals surface area contributed by atoms with Crippen LogP contribution in [-0.4, -0.2) is 63.0 Å². The molecule has 1 N–H and O–H groups in total. The molecule has 0 saturated carbocycles. The average molecular weight is 256 g/mol. The third kappa shape index (κ3) is 4.84. The van der Waals surface area contributed by atoms with Crippen molar-refractivity contribution in [1.82, 2.24) is 10.2 Å². The monoisotopic (exact) mass is 256 g/mol. The van der Waals surface area contributed by atoms with Crippen LogP contribution in [0.25, 0.3) is 0 Å². The molecule has 2 rings (SSSR count). The van der Waals surface area contributed by atoms with E-state index in [4.69, 9.17) is 9.47 Å². The summed E-state index contributed by atoms with van der Waals surface area (Å²) in [5.41, 5.74) is 0. The van der Waals surface area contributed by atoms with E-state index in [1.165, 1.54) is 25.8 Å². The van der Waals surface area contributed by atoms with Gasteiger partial charge in [0, 0.05) is 25.7 Å². The van der Waals surface area contributed by atoms with Gasteiger partial charge in [0.2, 0.25) is 0 Å². The fourth-order valence-corrected chi connectivity index (χ4v) is 2.78. The number of morpholine rings is 1. The highest BCUT2D eigenvalue weighted by atomic mass is 16.5. The van der Waals surface area contributed by atoms with Crippen LogP contribution in [0, 0.1) is 0 Å². The van der Waals surface area contributed by atoms with Crippen molar-refractivity contribution in [3.8, 4) is 0 Å². The van der Waals surface area contributed by atoms with Gasteiger partial charge in [-0.25, -0.2) is 0 Å². The van der Waals surface area contributed by atoms with E-state index in [-0.39, 0.29) is 0 Å². The maximum Gasteiger partial charge on any atom is 0.0594 e. The highest BCUT2D eigenvalue weighted by Gasteiger charge is 2.20. The van der Waals surface area contributed by atoms with Gasteiger partial charge < -0.3 is 14.8 Å². The van der Waals surface area contributed by atoms with E-state index in [0.29, 0.717) is 12.1 Å². The Hall–Kier alpha value is -0.160. The van der Waals surface area contributed by atoms with E-state index in [0.717, 1.165) is 45.9 Å². The van der Waals surface area contributed by atoms with Crippen molar-refractivity contribution in [1.29, 1.82) is 0 Å². The van der Waals surface area contributed by atoms with Crippen LogP contribution in [0.3, 0.4) is 0 Å². The minimum absolute atomic E-state index is 0.482. The van der Waals surface area contributed by atoms with Crippen LogP contribution in [0.1, 0.15) is 32.6 Å². The van der Waals surface area contributed by atoms with Crippen LogP contribution >= 0.6 is 0 Å². The zero-order valence-electron chi connectivity index (χ0n) is 11.7. The van der Waals surface area contributed by atoms with Crippen LogP contribution in [-0.2, 0) is 9.47 Å². The molecule has 2 fully saturated rings. The van der Waals surface area contributed by atoms with Gasteiger partial charge in [-0.15, -0.1) is 0 Å². The summed E-state index contributed by atoms with van der Waals surface area (Å²) in [6, 6.07) is 0.674. The molecule has 106 valence electrons. The van der Waals surface area contributed by atoms with Crippen LogP contribution in [0.2, 0.25) is 0 Å². The molecule has 0 aliphatic carbocycles. The summed E-state index contributed by atoms with van der Waals surface area (Å²) in [5.74, 6) is 0. The Morgan fingerprint density at radius 1 is 1.22 bits per heavy atom. The Balaban J connectivity index is 1.52. The molecule has 4 nitrogen and oxygen atoms in total. The van der Waals surface area contributed by atoms with E-state index in [1.54, 1.807) is 0 Å². The van der Waals surface area contributed by atoms with Gasteiger partial charge >= 0.3 is 0 Å². The number of hydrogen-bond acceptors (Lipinski definition) is 4. The van der Waals surface area contributed by atoms with Crippen molar-refractivity contribution in [2.45, 2.75) is 44.8 Å². The molecule has 2 aliphatic rings. The first-order chi connectivity index (χ1) is 8.88. The number of ether oxygens (including phenoxy) is 2. The van der Waals surface area contributed by atoms with Crippen molar-refractivity contribution in [2.75, 3.05) is 46.0 Å². The Labute approximate surface area is 111 Å². The van der Waals surface area contributed by atoms with E-state index in [9.17, 15) is 0 Å². The molecular weight excluding hydrogens is 228 g/mol.